The summed E-state index contributed by atoms with van der Waals surface area (Å²) in [6.07, 6.45) is 8.60. The zero-order valence-corrected chi connectivity index (χ0v) is 11.0. The van der Waals surface area contributed by atoms with Crippen molar-refractivity contribution in [3.05, 3.63) is 0 Å². The number of rotatable bonds is 4. The van der Waals surface area contributed by atoms with Gasteiger partial charge in [-0.05, 0) is 44.4 Å². The highest BCUT2D eigenvalue weighted by Gasteiger charge is 2.36. The molecule has 2 aliphatic heterocycles. The van der Waals surface area contributed by atoms with Gasteiger partial charge < -0.3 is 5.32 Å². The third-order valence-electron chi connectivity index (χ3n) is 4.23. The minimum Gasteiger partial charge on any atom is -0.313 e. The molecule has 2 saturated heterocycles. The molecule has 3 heteroatoms. The number of piperidine rings is 1. The van der Waals surface area contributed by atoms with Crippen LogP contribution in [0.1, 0.15) is 38.5 Å². The summed E-state index contributed by atoms with van der Waals surface area (Å²) in [7, 11) is 0. The van der Waals surface area contributed by atoms with Crippen molar-refractivity contribution >= 4 is 11.8 Å². The molecule has 2 nitrogen and oxygen atoms in total. The van der Waals surface area contributed by atoms with Gasteiger partial charge in [0.25, 0.3) is 0 Å². The molecule has 0 aromatic heterocycles. The fourth-order valence-corrected chi connectivity index (χ4v) is 4.36. The summed E-state index contributed by atoms with van der Waals surface area (Å²) in [4.78, 5) is 2.85. The first-order chi connectivity index (χ1) is 7.93. The molecule has 3 aliphatic rings. The largest absolute Gasteiger partial charge is 0.313 e. The van der Waals surface area contributed by atoms with Gasteiger partial charge in [-0.15, -0.1) is 0 Å². The SMILES string of the molecule is C1CCC(CN(C2CC2)C2CCSC2)NC1. The second kappa shape index (κ2) is 5.28. The Morgan fingerprint density at radius 1 is 1.06 bits per heavy atom. The van der Waals surface area contributed by atoms with E-state index in [-0.39, 0.29) is 0 Å². The lowest BCUT2D eigenvalue weighted by molar-refractivity contribution is 0.169. The van der Waals surface area contributed by atoms with Crippen molar-refractivity contribution in [2.75, 3.05) is 24.6 Å². The Morgan fingerprint density at radius 2 is 2.00 bits per heavy atom. The lowest BCUT2D eigenvalue weighted by Crippen LogP contribution is -2.48. The first-order valence-corrected chi connectivity index (χ1v) is 8.16. The van der Waals surface area contributed by atoms with E-state index in [0.717, 1.165) is 18.1 Å². The van der Waals surface area contributed by atoms with E-state index >= 15 is 0 Å². The fraction of sp³-hybridized carbons (Fsp3) is 1.00. The molecule has 92 valence electrons. The summed E-state index contributed by atoms with van der Waals surface area (Å²) in [6.45, 7) is 2.58. The number of hydrogen-bond donors (Lipinski definition) is 1. The van der Waals surface area contributed by atoms with Gasteiger partial charge in [-0.1, -0.05) is 6.42 Å². The Balaban J connectivity index is 1.55. The van der Waals surface area contributed by atoms with Crippen LogP contribution >= 0.6 is 11.8 Å². The highest BCUT2D eigenvalue weighted by atomic mass is 32.2. The Kier molecular flexibility index (Phi) is 3.75. The summed E-state index contributed by atoms with van der Waals surface area (Å²) in [5, 5.41) is 3.71. The van der Waals surface area contributed by atoms with Crippen LogP contribution in [0.15, 0.2) is 0 Å². The van der Waals surface area contributed by atoms with Crippen molar-refractivity contribution in [1.82, 2.24) is 10.2 Å². The average molecular weight is 240 g/mol. The van der Waals surface area contributed by atoms with Gasteiger partial charge in [-0.25, -0.2) is 0 Å². The van der Waals surface area contributed by atoms with Gasteiger partial charge in [0, 0.05) is 30.4 Å². The van der Waals surface area contributed by atoms with Crippen molar-refractivity contribution in [2.24, 2.45) is 0 Å². The molecule has 0 spiro atoms. The predicted octanol–water partition coefficient (Wildman–Crippen LogP) is 2.10. The molecule has 0 bridgehead atoms. The summed E-state index contributed by atoms with van der Waals surface area (Å²) in [5.74, 6) is 2.79. The molecular formula is C13H24N2S. The van der Waals surface area contributed by atoms with Crippen LogP contribution in [-0.2, 0) is 0 Å². The van der Waals surface area contributed by atoms with Crippen LogP contribution in [0.5, 0.6) is 0 Å². The maximum absolute atomic E-state index is 3.71. The van der Waals surface area contributed by atoms with Gasteiger partial charge in [0.2, 0.25) is 0 Å². The molecule has 3 fully saturated rings. The molecule has 1 aliphatic carbocycles. The highest BCUT2D eigenvalue weighted by Crippen LogP contribution is 2.34. The van der Waals surface area contributed by atoms with Crippen molar-refractivity contribution in [2.45, 2.75) is 56.7 Å². The number of hydrogen-bond acceptors (Lipinski definition) is 3. The van der Waals surface area contributed by atoms with Crippen LogP contribution < -0.4 is 5.32 Å². The molecule has 16 heavy (non-hydrogen) atoms. The molecular weight excluding hydrogens is 216 g/mol. The van der Waals surface area contributed by atoms with Gasteiger partial charge in [0.05, 0.1) is 0 Å². The van der Waals surface area contributed by atoms with E-state index in [1.807, 2.05) is 0 Å². The van der Waals surface area contributed by atoms with Crippen molar-refractivity contribution < 1.29 is 0 Å². The lowest BCUT2D eigenvalue weighted by Gasteiger charge is -2.34. The van der Waals surface area contributed by atoms with Gasteiger partial charge in [-0.3, -0.25) is 4.90 Å². The predicted molar refractivity (Wildman–Crippen MR) is 71.1 cm³/mol. The smallest absolute Gasteiger partial charge is 0.0197 e. The van der Waals surface area contributed by atoms with E-state index in [1.165, 1.54) is 63.1 Å². The van der Waals surface area contributed by atoms with Gasteiger partial charge >= 0.3 is 0 Å². The highest BCUT2D eigenvalue weighted by molar-refractivity contribution is 7.99. The van der Waals surface area contributed by atoms with E-state index in [2.05, 4.69) is 22.0 Å². The third-order valence-corrected chi connectivity index (χ3v) is 5.38. The van der Waals surface area contributed by atoms with E-state index in [4.69, 9.17) is 0 Å². The minimum atomic E-state index is 0.792. The topological polar surface area (TPSA) is 15.3 Å². The Morgan fingerprint density at radius 3 is 2.62 bits per heavy atom. The number of nitrogens with one attached hydrogen (secondary N) is 1. The van der Waals surface area contributed by atoms with Crippen molar-refractivity contribution in [3.63, 3.8) is 0 Å². The molecule has 1 N–H and O–H groups in total. The summed E-state index contributed by atoms with van der Waals surface area (Å²) >= 11 is 2.16. The molecule has 1 saturated carbocycles. The second-order valence-corrected chi connectivity index (χ2v) is 6.74. The van der Waals surface area contributed by atoms with Crippen LogP contribution in [-0.4, -0.2) is 47.6 Å². The van der Waals surface area contributed by atoms with Crippen molar-refractivity contribution in [1.29, 1.82) is 0 Å². The maximum atomic E-state index is 3.71. The van der Waals surface area contributed by atoms with E-state index in [1.54, 1.807) is 0 Å². The first kappa shape index (κ1) is 11.4. The van der Waals surface area contributed by atoms with Crippen LogP contribution in [0.4, 0.5) is 0 Å². The molecule has 2 heterocycles. The number of nitrogens with zero attached hydrogens (tertiary/aromatic N) is 1. The lowest BCUT2D eigenvalue weighted by atomic mass is 10.0. The zero-order chi connectivity index (χ0) is 10.8. The number of thioether (sulfide) groups is 1. The summed E-state index contributed by atoms with van der Waals surface area (Å²) < 4.78 is 0. The molecule has 0 radical (unpaired) electrons. The van der Waals surface area contributed by atoms with E-state index in [0.29, 0.717) is 0 Å². The van der Waals surface area contributed by atoms with Crippen molar-refractivity contribution in [3.8, 4) is 0 Å². The monoisotopic (exact) mass is 240 g/mol. The molecule has 2 atom stereocenters. The van der Waals surface area contributed by atoms with Crippen LogP contribution in [0.25, 0.3) is 0 Å². The van der Waals surface area contributed by atoms with E-state index in [9.17, 15) is 0 Å². The standard InChI is InChI=1S/C13H24N2S/c1-2-7-14-11(3-1)9-15(12-4-5-12)13-6-8-16-10-13/h11-14H,1-10H2. The van der Waals surface area contributed by atoms with Gasteiger partial charge in [0.1, 0.15) is 0 Å². The molecule has 0 amide bonds. The Labute approximate surface area is 104 Å². The fourth-order valence-electron chi connectivity index (χ4n) is 3.12. The first-order valence-electron chi connectivity index (χ1n) is 7.00. The molecule has 2 unspecified atom stereocenters. The van der Waals surface area contributed by atoms with Gasteiger partial charge in [-0.2, -0.15) is 11.8 Å². The molecule has 0 aromatic rings. The van der Waals surface area contributed by atoms with Crippen LogP contribution in [0, 0.1) is 0 Å². The minimum absolute atomic E-state index is 0.792. The quantitative estimate of drug-likeness (QED) is 0.810. The Hall–Kier alpha value is 0.270. The maximum Gasteiger partial charge on any atom is 0.0197 e. The van der Waals surface area contributed by atoms with E-state index < -0.39 is 0 Å². The average Bonchev–Trinajstić information content (AvgIpc) is 3.02. The molecule has 0 aromatic carbocycles. The molecule has 3 rings (SSSR count). The second-order valence-electron chi connectivity index (χ2n) is 5.59. The van der Waals surface area contributed by atoms with Gasteiger partial charge in [0.15, 0.2) is 0 Å². The van der Waals surface area contributed by atoms with Crippen LogP contribution in [0.3, 0.4) is 0 Å². The zero-order valence-electron chi connectivity index (χ0n) is 10.2. The third kappa shape index (κ3) is 2.74. The normalized spacial score (nSPS) is 35.8. The summed E-state index contributed by atoms with van der Waals surface area (Å²) in [5.41, 5.74) is 0. The summed E-state index contributed by atoms with van der Waals surface area (Å²) in [6, 6.07) is 2.65. The van der Waals surface area contributed by atoms with Crippen LogP contribution in [0.2, 0.25) is 0 Å². The Bertz CT molecular complexity index is 218.